The van der Waals surface area contributed by atoms with Crippen molar-refractivity contribution in [1.29, 1.82) is 0 Å². The molecule has 2 heteroatoms. The van der Waals surface area contributed by atoms with Crippen LogP contribution in [-0.2, 0) is 0 Å². The maximum atomic E-state index is 2.72. The highest BCUT2D eigenvalue weighted by Gasteiger charge is 2.35. The molecule has 2 rings (SSSR count). The minimum Gasteiger partial charge on any atom is -0.298 e. The number of piperazine rings is 1. The van der Waals surface area contributed by atoms with Crippen LogP contribution in [0.1, 0.15) is 33.6 Å². The highest BCUT2D eigenvalue weighted by molar-refractivity contribution is 4.91. The second kappa shape index (κ2) is 4.19. The molecular formula is C12H24N2. The molecule has 2 fully saturated rings. The Morgan fingerprint density at radius 1 is 1.21 bits per heavy atom. The predicted octanol–water partition coefficient (Wildman–Crippen LogP) is 1.81. The monoisotopic (exact) mass is 196 g/mol. The van der Waals surface area contributed by atoms with Crippen LogP contribution in [-0.4, -0.2) is 48.1 Å². The Morgan fingerprint density at radius 3 is 2.64 bits per heavy atom. The van der Waals surface area contributed by atoms with Gasteiger partial charge in [-0.15, -0.1) is 0 Å². The molecule has 2 atom stereocenters. The van der Waals surface area contributed by atoms with Gasteiger partial charge < -0.3 is 0 Å². The lowest BCUT2D eigenvalue weighted by molar-refractivity contribution is 0.0824. The maximum Gasteiger partial charge on any atom is 0.0227 e. The quantitative estimate of drug-likeness (QED) is 0.664. The van der Waals surface area contributed by atoms with Gasteiger partial charge in [-0.1, -0.05) is 13.3 Å². The van der Waals surface area contributed by atoms with E-state index in [0.29, 0.717) is 0 Å². The lowest BCUT2D eigenvalue weighted by Gasteiger charge is -2.39. The summed E-state index contributed by atoms with van der Waals surface area (Å²) >= 11 is 0. The largest absolute Gasteiger partial charge is 0.298 e. The molecule has 0 spiro atoms. The zero-order chi connectivity index (χ0) is 10.1. The Balaban J connectivity index is 1.91. The maximum absolute atomic E-state index is 2.72. The van der Waals surface area contributed by atoms with Crippen LogP contribution in [0, 0.1) is 5.92 Å². The summed E-state index contributed by atoms with van der Waals surface area (Å²) < 4.78 is 0. The topological polar surface area (TPSA) is 6.48 Å². The fourth-order valence-electron chi connectivity index (χ4n) is 2.94. The van der Waals surface area contributed by atoms with Crippen LogP contribution >= 0.6 is 0 Å². The van der Waals surface area contributed by atoms with Crippen molar-refractivity contribution in [3.63, 3.8) is 0 Å². The molecule has 82 valence electrons. The van der Waals surface area contributed by atoms with Crippen molar-refractivity contribution in [1.82, 2.24) is 9.80 Å². The summed E-state index contributed by atoms with van der Waals surface area (Å²) in [6.07, 6.45) is 2.81. The van der Waals surface area contributed by atoms with Crippen LogP contribution in [0.3, 0.4) is 0 Å². The molecule has 0 amide bonds. The number of hydrogen-bond acceptors (Lipinski definition) is 2. The minimum absolute atomic E-state index is 0.734. The third kappa shape index (κ3) is 1.96. The van der Waals surface area contributed by atoms with E-state index < -0.39 is 0 Å². The van der Waals surface area contributed by atoms with E-state index in [4.69, 9.17) is 0 Å². The molecule has 2 saturated heterocycles. The molecule has 0 bridgehead atoms. The third-order valence-electron chi connectivity index (χ3n) is 4.04. The van der Waals surface area contributed by atoms with Gasteiger partial charge in [0.1, 0.15) is 0 Å². The second-order valence-corrected chi connectivity index (χ2v) is 5.25. The van der Waals surface area contributed by atoms with Crippen LogP contribution in [0.5, 0.6) is 0 Å². The first-order valence-corrected chi connectivity index (χ1v) is 6.18. The summed E-state index contributed by atoms with van der Waals surface area (Å²) in [4.78, 5) is 5.35. The Bertz CT molecular complexity index is 191. The molecule has 0 aromatic rings. The van der Waals surface area contributed by atoms with Gasteiger partial charge in [0.2, 0.25) is 0 Å². The lowest BCUT2D eigenvalue weighted by atomic mass is 10.0. The van der Waals surface area contributed by atoms with E-state index in [9.17, 15) is 0 Å². The van der Waals surface area contributed by atoms with Gasteiger partial charge in [0.15, 0.2) is 0 Å². The molecule has 2 aliphatic rings. The highest BCUT2D eigenvalue weighted by atomic mass is 15.3. The Hall–Kier alpha value is -0.0800. The summed E-state index contributed by atoms with van der Waals surface area (Å²) in [7, 11) is 0. The molecule has 2 unspecified atom stereocenters. The molecule has 0 N–H and O–H groups in total. The number of rotatable bonds is 2. The molecule has 2 nitrogen and oxygen atoms in total. The lowest BCUT2D eigenvalue weighted by Crippen LogP contribution is -2.52. The predicted molar refractivity (Wildman–Crippen MR) is 60.5 cm³/mol. The summed E-state index contributed by atoms with van der Waals surface area (Å²) in [5.41, 5.74) is 0. The zero-order valence-corrected chi connectivity index (χ0v) is 9.87. The first-order valence-electron chi connectivity index (χ1n) is 6.18. The van der Waals surface area contributed by atoms with Crippen molar-refractivity contribution >= 4 is 0 Å². The smallest absolute Gasteiger partial charge is 0.0227 e. The van der Waals surface area contributed by atoms with Gasteiger partial charge in [0.05, 0.1) is 0 Å². The van der Waals surface area contributed by atoms with E-state index in [1.807, 2.05) is 0 Å². The van der Waals surface area contributed by atoms with E-state index >= 15 is 0 Å². The second-order valence-electron chi connectivity index (χ2n) is 5.25. The summed E-state index contributed by atoms with van der Waals surface area (Å²) in [6, 6.07) is 1.61. The average Bonchev–Trinajstić information content (AvgIpc) is 2.58. The number of fused-ring (bicyclic) bond motifs is 1. The first kappa shape index (κ1) is 10.4. The molecule has 0 radical (unpaired) electrons. The van der Waals surface area contributed by atoms with Crippen molar-refractivity contribution < 1.29 is 0 Å². The van der Waals surface area contributed by atoms with Crippen molar-refractivity contribution in [3.8, 4) is 0 Å². The Kier molecular flexibility index (Phi) is 3.13. The molecule has 0 saturated carbocycles. The highest BCUT2D eigenvalue weighted by Crippen LogP contribution is 2.28. The molecule has 0 aromatic heterocycles. The van der Waals surface area contributed by atoms with Gasteiger partial charge in [0, 0.05) is 38.3 Å². The van der Waals surface area contributed by atoms with E-state index in [0.717, 1.165) is 18.0 Å². The van der Waals surface area contributed by atoms with Crippen LogP contribution in [0.4, 0.5) is 0 Å². The van der Waals surface area contributed by atoms with E-state index in [1.165, 1.54) is 39.0 Å². The summed E-state index contributed by atoms with van der Waals surface area (Å²) in [5, 5.41) is 0. The summed E-state index contributed by atoms with van der Waals surface area (Å²) in [5.74, 6) is 0.979. The number of nitrogens with zero attached hydrogens (tertiary/aromatic N) is 2. The minimum atomic E-state index is 0.734. The molecule has 14 heavy (non-hydrogen) atoms. The van der Waals surface area contributed by atoms with Crippen molar-refractivity contribution in [2.75, 3.05) is 26.2 Å². The van der Waals surface area contributed by atoms with Gasteiger partial charge in [-0.05, 0) is 26.2 Å². The van der Waals surface area contributed by atoms with Crippen molar-refractivity contribution in [2.24, 2.45) is 5.92 Å². The van der Waals surface area contributed by atoms with Crippen LogP contribution in [0.2, 0.25) is 0 Å². The first-order chi connectivity index (χ1) is 6.70. The third-order valence-corrected chi connectivity index (χ3v) is 4.04. The summed E-state index contributed by atoms with van der Waals surface area (Å²) in [6.45, 7) is 12.2. The Labute approximate surface area is 88.3 Å². The fourth-order valence-corrected chi connectivity index (χ4v) is 2.94. The van der Waals surface area contributed by atoms with E-state index in [1.54, 1.807) is 0 Å². The molecule has 0 aliphatic carbocycles. The molecule has 0 aromatic carbocycles. The molecule has 2 aliphatic heterocycles. The van der Waals surface area contributed by atoms with Gasteiger partial charge in [-0.3, -0.25) is 9.80 Å². The van der Waals surface area contributed by atoms with Crippen LogP contribution in [0.25, 0.3) is 0 Å². The van der Waals surface area contributed by atoms with Crippen molar-refractivity contribution in [2.45, 2.75) is 45.7 Å². The van der Waals surface area contributed by atoms with Crippen molar-refractivity contribution in [3.05, 3.63) is 0 Å². The van der Waals surface area contributed by atoms with Crippen LogP contribution in [0.15, 0.2) is 0 Å². The molecule has 2 heterocycles. The fraction of sp³-hybridized carbons (Fsp3) is 1.00. The van der Waals surface area contributed by atoms with E-state index in [2.05, 4.69) is 30.6 Å². The van der Waals surface area contributed by atoms with Gasteiger partial charge in [-0.2, -0.15) is 0 Å². The number of hydrogen-bond donors (Lipinski definition) is 0. The standard InChI is InChI=1S/C12H24N2/c1-4-11-7-12-9-13(10(2)3)5-6-14(12)8-11/h10-12H,4-9H2,1-3H3. The normalized spacial score (nSPS) is 35.1. The molecular weight excluding hydrogens is 172 g/mol. The SMILES string of the molecule is CCC1CC2CN(C(C)C)CCN2C1. The van der Waals surface area contributed by atoms with Gasteiger partial charge in [0.25, 0.3) is 0 Å². The van der Waals surface area contributed by atoms with Gasteiger partial charge >= 0.3 is 0 Å². The van der Waals surface area contributed by atoms with E-state index in [-0.39, 0.29) is 0 Å². The van der Waals surface area contributed by atoms with Crippen LogP contribution < -0.4 is 0 Å². The average molecular weight is 196 g/mol. The zero-order valence-electron chi connectivity index (χ0n) is 9.87. The Morgan fingerprint density at radius 2 is 2.00 bits per heavy atom. The van der Waals surface area contributed by atoms with Gasteiger partial charge in [-0.25, -0.2) is 0 Å².